The van der Waals surface area contributed by atoms with Gasteiger partial charge in [-0.25, -0.2) is 8.42 Å². The Kier molecular flexibility index (Phi) is 5.03. The molecule has 0 N–H and O–H groups in total. The molecule has 26 heavy (non-hydrogen) atoms. The highest BCUT2D eigenvalue weighted by atomic mass is 32.2. The van der Waals surface area contributed by atoms with E-state index in [1.54, 1.807) is 24.3 Å². The normalized spacial score (nSPS) is 29.1. The fourth-order valence-electron chi connectivity index (χ4n) is 3.25. The fourth-order valence-corrected chi connectivity index (χ4v) is 4.84. The van der Waals surface area contributed by atoms with Crippen molar-refractivity contribution in [3.05, 3.63) is 24.3 Å². The minimum Gasteiger partial charge on any atom is -0.399 e. The summed E-state index contributed by atoms with van der Waals surface area (Å²) in [5.41, 5.74) is -0.0448. The van der Waals surface area contributed by atoms with Crippen LogP contribution in [-0.4, -0.2) is 56.3 Å². The Balaban J connectivity index is 1.80. The summed E-state index contributed by atoms with van der Waals surface area (Å²) in [6.45, 7) is 12.5. The maximum Gasteiger partial charge on any atom is 0.494 e. The minimum atomic E-state index is -3.54. The number of hydrogen-bond acceptors (Lipinski definition) is 5. The largest absolute Gasteiger partial charge is 0.494 e. The molecule has 2 fully saturated rings. The zero-order chi connectivity index (χ0) is 19.3. The third-order valence-corrected chi connectivity index (χ3v) is 7.28. The second-order valence-corrected chi connectivity index (χ2v) is 10.2. The van der Waals surface area contributed by atoms with Crippen molar-refractivity contribution < 1.29 is 22.5 Å². The standard InChI is InChI=1S/C18H28BNO5S/c1-13-11-20(12-14(2)23-13)26(21,22)16-9-7-15(8-10-16)19-24-17(3,4)18(5,6)25-19/h7-10,13-14H,11-12H2,1-6H3. The van der Waals surface area contributed by atoms with E-state index < -0.39 is 28.3 Å². The number of sulfonamides is 1. The van der Waals surface area contributed by atoms with Gasteiger partial charge >= 0.3 is 7.12 Å². The molecule has 2 atom stereocenters. The van der Waals surface area contributed by atoms with E-state index in [4.69, 9.17) is 14.0 Å². The number of benzene rings is 1. The first-order chi connectivity index (χ1) is 11.9. The van der Waals surface area contributed by atoms with Crippen LogP contribution in [0.3, 0.4) is 0 Å². The number of nitrogens with zero attached hydrogens (tertiary/aromatic N) is 1. The molecule has 2 aliphatic rings. The zero-order valence-electron chi connectivity index (χ0n) is 16.4. The van der Waals surface area contributed by atoms with Crippen molar-refractivity contribution >= 4 is 22.6 Å². The molecular weight excluding hydrogens is 353 g/mol. The quantitative estimate of drug-likeness (QED) is 0.747. The number of rotatable bonds is 3. The Labute approximate surface area is 157 Å². The van der Waals surface area contributed by atoms with Crippen molar-refractivity contribution in [3.8, 4) is 0 Å². The molecule has 0 aromatic heterocycles. The summed E-state index contributed by atoms with van der Waals surface area (Å²) in [6.07, 6.45) is -0.227. The summed E-state index contributed by atoms with van der Waals surface area (Å²) >= 11 is 0. The summed E-state index contributed by atoms with van der Waals surface area (Å²) in [5.74, 6) is 0. The Morgan fingerprint density at radius 3 is 1.88 bits per heavy atom. The van der Waals surface area contributed by atoms with Crippen molar-refractivity contribution in [2.24, 2.45) is 0 Å². The van der Waals surface area contributed by atoms with E-state index in [0.717, 1.165) is 5.46 Å². The van der Waals surface area contributed by atoms with Crippen LogP contribution in [0.5, 0.6) is 0 Å². The van der Waals surface area contributed by atoms with Crippen molar-refractivity contribution in [2.45, 2.75) is 69.8 Å². The van der Waals surface area contributed by atoms with Gasteiger partial charge < -0.3 is 14.0 Å². The molecule has 3 rings (SSSR count). The van der Waals surface area contributed by atoms with Crippen LogP contribution in [-0.2, 0) is 24.1 Å². The van der Waals surface area contributed by atoms with Crippen LogP contribution >= 0.6 is 0 Å². The average molecular weight is 381 g/mol. The molecule has 8 heteroatoms. The van der Waals surface area contributed by atoms with E-state index >= 15 is 0 Å². The lowest BCUT2D eigenvalue weighted by atomic mass is 9.79. The number of ether oxygens (including phenoxy) is 1. The highest BCUT2D eigenvalue weighted by Crippen LogP contribution is 2.36. The van der Waals surface area contributed by atoms with Crippen molar-refractivity contribution in [1.29, 1.82) is 0 Å². The van der Waals surface area contributed by atoms with Crippen LogP contribution in [0.15, 0.2) is 29.2 Å². The Morgan fingerprint density at radius 2 is 1.42 bits per heavy atom. The lowest BCUT2D eigenvalue weighted by molar-refractivity contribution is -0.0440. The summed E-state index contributed by atoms with van der Waals surface area (Å²) in [6, 6.07) is 6.78. The van der Waals surface area contributed by atoms with Gasteiger partial charge in [0, 0.05) is 13.1 Å². The molecule has 0 aliphatic carbocycles. The molecule has 0 bridgehead atoms. The van der Waals surface area contributed by atoms with Gasteiger partial charge in [-0.3, -0.25) is 0 Å². The molecule has 0 amide bonds. The second kappa shape index (κ2) is 6.60. The van der Waals surface area contributed by atoms with E-state index in [1.807, 2.05) is 41.5 Å². The Hall–Kier alpha value is -0.925. The van der Waals surface area contributed by atoms with Gasteiger partial charge in [-0.05, 0) is 59.1 Å². The smallest absolute Gasteiger partial charge is 0.399 e. The predicted octanol–water partition coefficient (Wildman–Crippen LogP) is 1.78. The van der Waals surface area contributed by atoms with E-state index in [9.17, 15) is 8.42 Å². The van der Waals surface area contributed by atoms with Crippen LogP contribution in [0.1, 0.15) is 41.5 Å². The van der Waals surface area contributed by atoms with E-state index in [-0.39, 0.29) is 17.1 Å². The summed E-state index contributed by atoms with van der Waals surface area (Å²) < 4.78 is 45.0. The molecule has 0 spiro atoms. The Morgan fingerprint density at radius 1 is 0.962 bits per heavy atom. The van der Waals surface area contributed by atoms with Crippen molar-refractivity contribution in [1.82, 2.24) is 4.31 Å². The summed E-state index contributed by atoms with van der Waals surface area (Å²) in [5, 5.41) is 0. The van der Waals surface area contributed by atoms with E-state index in [0.29, 0.717) is 13.1 Å². The molecule has 2 unspecified atom stereocenters. The van der Waals surface area contributed by atoms with Crippen LogP contribution in [0.25, 0.3) is 0 Å². The van der Waals surface area contributed by atoms with Crippen molar-refractivity contribution in [3.63, 3.8) is 0 Å². The van der Waals surface area contributed by atoms with Crippen molar-refractivity contribution in [2.75, 3.05) is 13.1 Å². The molecule has 2 heterocycles. The first-order valence-electron chi connectivity index (χ1n) is 9.03. The van der Waals surface area contributed by atoms with Crippen LogP contribution in [0.4, 0.5) is 0 Å². The minimum absolute atomic E-state index is 0.113. The van der Waals surface area contributed by atoms with Gasteiger partial charge in [0.15, 0.2) is 0 Å². The molecule has 2 aliphatic heterocycles. The summed E-state index contributed by atoms with van der Waals surface area (Å²) in [4.78, 5) is 0.277. The van der Waals surface area contributed by atoms with E-state index in [2.05, 4.69) is 0 Å². The van der Waals surface area contributed by atoms with Crippen LogP contribution in [0.2, 0.25) is 0 Å². The van der Waals surface area contributed by atoms with Gasteiger partial charge in [0.2, 0.25) is 10.0 Å². The summed E-state index contributed by atoms with van der Waals surface area (Å²) in [7, 11) is -4.04. The molecule has 144 valence electrons. The van der Waals surface area contributed by atoms with Gasteiger partial charge in [0.05, 0.1) is 28.3 Å². The highest BCUT2D eigenvalue weighted by molar-refractivity contribution is 7.89. The molecule has 0 radical (unpaired) electrons. The van der Waals surface area contributed by atoms with Gasteiger partial charge in [-0.15, -0.1) is 0 Å². The van der Waals surface area contributed by atoms with Crippen LogP contribution < -0.4 is 5.46 Å². The average Bonchev–Trinajstić information content (AvgIpc) is 2.74. The topological polar surface area (TPSA) is 65.1 Å². The highest BCUT2D eigenvalue weighted by Gasteiger charge is 2.51. The SMILES string of the molecule is CC1CN(S(=O)(=O)c2ccc(B3OC(C)(C)C(C)(C)O3)cc2)CC(C)O1. The molecule has 0 saturated carbocycles. The van der Waals surface area contributed by atoms with Gasteiger partial charge in [0.1, 0.15) is 0 Å². The molecule has 6 nitrogen and oxygen atoms in total. The molecule has 1 aromatic carbocycles. The molecular formula is C18H28BNO5S. The third kappa shape index (κ3) is 3.58. The van der Waals surface area contributed by atoms with Gasteiger partial charge in [-0.2, -0.15) is 4.31 Å². The third-order valence-electron chi connectivity index (χ3n) is 5.43. The first-order valence-corrected chi connectivity index (χ1v) is 10.5. The maximum absolute atomic E-state index is 12.9. The van der Waals surface area contributed by atoms with Gasteiger partial charge in [0.25, 0.3) is 0 Å². The van der Waals surface area contributed by atoms with Gasteiger partial charge in [-0.1, -0.05) is 12.1 Å². The Bertz CT molecular complexity index is 736. The lowest BCUT2D eigenvalue weighted by Gasteiger charge is -2.34. The molecule has 1 aromatic rings. The zero-order valence-corrected chi connectivity index (χ0v) is 17.2. The monoisotopic (exact) mass is 381 g/mol. The number of hydrogen-bond donors (Lipinski definition) is 0. The predicted molar refractivity (Wildman–Crippen MR) is 101 cm³/mol. The molecule has 2 saturated heterocycles. The second-order valence-electron chi connectivity index (χ2n) is 8.24. The maximum atomic E-state index is 12.9. The number of morpholine rings is 1. The lowest BCUT2D eigenvalue weighted by Crippen LogP contribution is -2.48. The fraction of sp³-hybridized carbons (Fsp3) is 0.667. The first kappa shape index (κ1) is 19.8. The van der Waals surface area contributed by atoms with E-state index in [1.165, 1.54) is 4.31 Å². The van der Waals surface area contributed by atoms with Crippen LogP contribution in [0, 0.1) is 0 Å².